The molecule has 188 valence electrons. The number of aliphatic hydroxyl groups excluding tert-OH is 2. The average molecular weight is 536 g/mol. The highest BCUT2D eigenvalue weighted by Crippen LogP contribution is 2.34. The molecule has 0 aliphatic heterocycles. The second kappa shape index (κ2) is 12.3. The Morgan fingerprint density at radius 3 is 1.37 bits per heavy atom. The molecular weight excluding hydrogens is 508 g/mol. The standard InChI is InChI=1S/C33H27O3S2/c34-22-24-6-16-30(17-7-24)38(31-18-8-25(23-35)9-19-31)32-20-14-29(15-21-32)37-28-12-10-27(11-13-28)33(36)26-4-2-1-3-5-26/h1-21,34-35H,22-23H2/q+1. The molecule has 5 aromatic carbocycles. The minimum Gasteiger partial charge on any atom is -0.392 e. The average Bonchev–Trinajstić information content (AvgIpc) is 2.99. The van der Waals surface area contributed by atoms with Crippen molar-refractivity contribution in [3.63, 3.8) is 0 Å². The predicted octanol–water partition coefficient (Wildman–Crippen LogP) is 7.15. The fourth-order valence-electron chi connectivity index (χ4n) is 4.08. The Hall–Kier alpha value is -3.61. The van der Waals surface area contributed by atoms with Gasteiger partial charge in [0.1, 0.15) is 0 Å². The summed E-state index contributed by atoms with van der Waals surface area (Å²) in [6.07, 6.45) is 0. The summed E-state index contributed by atoms with van der Waals surface area (Å²) in [4.78, 5) is 18.4. The van der Waals surface area contributed by atoms with Gasteiger partial charge in [-0.3, -0.25) is 4.79 Å². The second-order valence-electron chi connectivity index (χ2n) is 8.70. The van der Waals surface area contributed by atoms with Gasteiger partial charge in [0.2, 0.25) is 0 Å². The summed E-state index contributed by atoms with van der Waals surface area (Å²) in [5.74, 6) is 0.0255. The van der Waals surface area contributed by atoms with Gasteiger partial charge in [-0.1, -0.05) is 66.4 Å². The fourth-order valence-corrected chi connectivity index (χ4v) is 6.94. The van der Waals surface area contributed by atoms with Crippen LogP contribution < -0.4 is 0 Å². The Bertz CT molecular complexity index is 1430. The molecule has 0 saturated carbocycles. The van der Waals surface area contributed by atoms with E-state index in [9.17, 15) is 15.0 Å². The summed E-state index contributed by atoms with van der Waals surface area (Å²) >= 11 is 1.66. The minimum absolute atomic E-state index is 0.0204. The first-order chi connectivity index (χ1) is 18.6. The van der Waals surface area contributed by atoms with Crippen LogP contribution in [0.15, 0.2) is 152 Å². The van der Waals surface area contributed by atoms with Crippen LogP contribution in [0.1, 0.15) is 27.0 Å². The predicted molar refractivity (Wildman–Crippen MR) is 154 cm³/mol. The first-order valence-electron chi connectivity index (χ1n) is 12.3. The lowest BCUT2D eigenvalue weighted by Gasteiger charge is -2.10. The summed E-state index contributed by atoms with van der Waals surface area (Å²) in [7, 11) is -0.327. The molecule has 5 aromatic rings. The maximum Gasteiger partial charge on any atom is 0.193 e. The van der Waals surface area contributed by atoms with E-state index in [0.29, 0.717) is 11.1 Å². The van der Waals surface area contributed by atoms with Gasteiger partial charge >= 0.3 is 0 Å². The monoisotopic (exact) mass is 535 g/mol. The van der Waals surface area contributed by atoms with E-state index < -0.39 is 0 Å². The maximum atomic E-state index is 12.7. The smallest absolute Gasteiger partial charge is 0.193 e. The van der Waals surface area contributed by atoms with E-state index in [0.717, 1.165) is 30.7 Å². The van der Waals surface area contributed by atoms with Crippen LogP contribution >= 0.6 is 11.8 Å². The Morgan fingerprint density at radius 2 is 0.921 bits per heavy atom. The topological polar surface area (TPSA) is 57.5 Å². The molecule has 38 heavy (non-hydrogen) atoms. The van der Waals surface area contributed by atoms with Crippen molar-refractivity contribution in [3.8, 4) is 0 Å². The molecule has 5 heteroatoms. The van der Waals surface area contributed by atoms with Crippen molar-refractivity contribution in [3.05, 3.63) is 150 Å². The maximum absolute atomic E-state index is 12.7. The number of hydrogen-bond acceptors (Lipinski definition) is 4. The van der Waals surface area contributed by atoms with Gasteiger partial charge in [0, 0.05) is 20.9 Å². The molecular formula is C33H27O3S2+. The van der Waals surface area contributed by atoms with Gasteiger partial charge in [0.25, 0.3) is 0 Å². The molecule has 0 bridgehead atoms. The second-order valence-corrected chi connectivity index (χ2v) is 11.9. The van der Waals surface area contributed by atoms with Gasteiger partial charge in [0.15, 0.2) is 20.5 Å². The molecule has 2 N–H and O–H groups in total. The van der Waals surface area contributed by atoms with Crippen molar-refractivity contribution in [1.29, 1.82) is 0 Å². The third-order valence-corrected chi connectivity index (χ3v) is 9.38. The molecule has 5 rings (SSSR count). The number of benzene rings is 5. The molecule has 0 aromatic heterocycles. The van der Waals surface area contributed by atoms with Gasteiger partial charge in [-0.2, -0.15) is 0 Å². The van der Waals surface area contributed by atoms with Crippen LogP contribution in [-0.2, 0) is 24.1 Å². The Labute approximate surface area is 230 Å². The van der Waals surface area contributed by atoms with E-state index in [2.05, 4.69) is 48.5 Å². The normalized spacial score (nSPS) is 11.0. The first-order valence-corrected chi connectivity index (χ1v) is 14.3. The third kappa shape index (κ3) is 6.09. The molecule has 3 nitrogen and oxygen atoms in total. The van der Waals surface area contributed by atoms with Crippen LogP contribution in [0.4, 0.5) is 0 Å². The third-order valence-electron chi connectivity index (χ3n) is 6.13. The van der Waals surface area contributed by atoms with Crippen molar-refractivity contribution in [2.24, 2.45) is 0 Å². The van der Waals surface area contributed by atoms with Gasteiger partial charge < -0.3 is 10.2 Å². The van der Waals surface area contributed by atoms with Crippen molar-refractivity contribution in [2.75, 3.05) is 0 Å². The van der Waals surface area contributed by atoms with Gasteiger partial charge in [0.05, 0.1) is 24.1 Å². The largest absolute Gasteiger partial charge is 0.392 e. The zero-order chi connectivity index (χ0) is 26.3. The van der Waals surface area contributed by atoms with Crippen LogP contribution in [-0.4, -0.2) is 16.0 Å². The molecule has 0 atom stereocenters. The lowest BCUT2D eigenvalue weighted by molar-refractivity contribution is 0.103. The number of carbonyl (C=O) groups excluding carboxylic acids is 1. The Kier molecular flexibility index (Phi) is 8.41. The molecule has 0 aliphatic rings. The molecule has 0 amide bonds. The molecule has 0 radical (unpaired) electrons. The molecule has 0 spiro atoms. The first kappa shape index (κ1) is 26.0. The summed E-state index contributed by atoms with van der Waals surface area (Å²) in [5.41, 5.74) is 3.14. The quantitative estimate of drug-likeness (QED) is 0.155. The molecule has 0 heterocycles. The fraction of sp³-hybridized carbons (Fsp3) is 0.0606. The zero-order valence-electron chi connectivity index (χ0n) is 20.7. The summed E-state index contributed by atoms with van der Waals surface area (Å²) in [6, 6.07) is 41.9. The van der Waals surface area contributed by atoms with Crippen LogP contribution in [0.3, 0.4) is 0 Å². The van der Waals surface area contributed by atoms with Crippen molar-refractivity contribution >= 4 is 28.4 Å². The van der Waals surface area contributed by atoms with Crippen molar-refractivity contribution < 1.29 is 15.0 Å². The lowest BCUT2D eigenvalue weighted by Crippen LogP contribution is -2.05. The minimum atomic E-state index is -0.327. The van der Waals surface area contributed by atoms with E-state index in [1.807, 2.05) is 78.9 Å². The molecule has 0 fully saturated rings. The van der Waals surface area contributed by atoms with Crippen LogP contribution in [0.2, 0.25) is 0 Å². The summed E-state index contributed by atoms with van der Waals surface area (Å²) < 4.78 is 0. The number of rotatable bonds is 9. The van der Waals surface area contributed by atoms with Crippen molar-refractivity contribution in [2.45, 2.75) is 37.7 Å². The Balaban J connectivity index is 1.36. The van der Waals surface area contributed by atoms with Gasteiger partial charge in [-0.15, -0.1) is 0 Å². The summed E-state index contributed by atoms with van der Waals surface area (Å²) in [5, 5.41) is 18.9. The van der Waals surface area contributed by atoms with E-state index in [1.54, 1.807) is 11.8 Å². The van der Waals surface area contributed by atoms with E-state index in [1.165, 1.54) is 4.90 Å². The Morgan fingerprint density at radius 1 is 0.526 bits per heavy atom. The van der Waals surface area contributed by atoms with Crippen molar-refractivity contribution in [1.82, 2.24) is 0 Å². The van der Waals surface area contributed by atoms with Crippen LogP contribution in [0.5, 0.6) is 0 Å². The van der Waals surface area contributed by atoms with E-state index >= 15 is 0 Å². The van der Waals surface area contributed by atoms with Gasteiger partial charge in [-0.05, 0) is 83.9 Å². The number of aliphatic hydroxyl groups is 2. The highest BCUT2D eigenvalue weighted by atomic mass is 32.2. The lowest BCUT2D eigenvalue weighted by atomic mass is 10.0. The van der Waals surface area contributed by atoms with Gasteiger partial charge in [-0.25, -0.2) is 0 Å². The SMILES string of the molecule is O=C(c1ccccc1)c1ccc(Sc2ccc([S+](c3ccc(CO)cc3)c3ccc(CO)cc3)cc2)cc1. The van der Waals surface area contributed by atoms with Crippen LogP contribution in [0, 0.1) is 0 Å². The number of carbonyl (C=O) groups is 1. The van der Waals surface area contributed by atoms with E-state index in [-0.39, 0.29) is 29.9 Å². The molecule has 0 unspecified atom stereocenters. The number of ketones is 1. The molecule has 0 saturated heterocycles. The molecule has 0 aliphatic carbocycles. The highest BCUT2D eigenvalue weighted by Gasteiger charge is 2.28. The zero-order valence-corrected chi connectivity index (χ0v) is 22.3. The van der Waals surface area contributed by atoms with Crippen LogP contribution in [0.25, 0.3) is 0 Å². The van der Waals surface area contributed by atoms with E-state index in [4.69, 9.17) is 0 Å². The summed E-state index contributed by atoms with van der Waals surface area (Å²) in [6.45, 7) is 0.0408. The number of hydrogen-bond donors (Lipinski definition) is 2. The highest BCUT2D eigenvalue weighted by molar-refractivity contribution is 7.99.